The second kappa shape index (κ2) is 8.24. The van der Waals surface area contributed by atoms with Crippen LogP contribution in [0.15, 0.2) is 23.3 Å². The van der Waals surface area contributed by atoms with E-state index in [0.29, 0.717) is 29.6 Å². The van der Waals surface area contributed by atoms with Crippen LogP contribution < -0.4 is 0 Å². The van der Waals surface area contributed by atoms with Gasteiger partial charge in [0.1, 0.15) is 6.79 Å². The van der Waals surface area contributed by atoms with Crippen molar-refractivity contribution in [2.24, 2.45) is 34.5 Å². The van der Waals surface area contributed by atoms with Crippen molar-refractivity contribution in [1.82, 2.24) is 0 Å². The molecule has 0 aromatic heterocycles. The molecule has 0 heterocycles. The van der Waals surface area contributed by atoms with Crippen molar-refractivity contribution in [2.45, 2.75) is 85.2 Å². The van der Waals surface area contributed by atoms with Crippen molar-refractivity contribution >= 4 is 0 Å². The molecule has 0 amide bonds. The third-order valence-electron chi connectivity index (χ3n) is 8.79. The Bertz CT molecular complexity index is 735. The van der Waals surface area contributed by atoms with Gasteiger partial charge >= 0.3 is 0 Å². The summed E-state index contributed by atoms with van der Waals surface area (Å²) in [5, 5.41) is 0. The minimum Gasteiger partial charge on any atom is -0.359 e. The maximum Gasteiger partial charge on any atom is 0.146 e. The molecule has 2 saturated carbocycles. The number of fused-ring (bicyclic) bond motifs is 5. The molecule has 29 heavy (non-hydrogen) atoms. The lowest BCUT2D eigenvalue weighted by Gasteiger charge is -2.57. The summed E-state index contributed by atoms with van der Waals surface area (Å²) in [6.07, 6.45) is 15.2. The Morgan fingerprint density at radius 2 is 1.86 bits per heavy atom. The lowest BCUT2D eigenvalue weighted by Crippen LogP contribution is -2.50. The fourth-order valence-electron chi connectivity index (χ4n) is 7.05. The van der Waals surface area contributed by atoms with Gasteiger partial charge in [-0.15, -0.1) is 0 Å². The topological polar surface area (TPSA) is 18.5 Å². The van der Waals surface area contributed by atoms with Gasteiger partial charge < -0.3 is 9.47 Å². The molecule has 4 aliphatic carbocycles. The van der Waals surface area contributed by atoms with Gasteiger partial charge in [0.2, 0.25) is 0 Å². The van der Waals surface area contributed by atoms with Crippen LogP contribution in [-0.4, -0.2) is 20.0 Å². The molecule has 6 atom stereocenters. The first kappa shape index (κ1) is 21.2. The largest absolute Gasteiger partial charge is 0.359 e. The molecule has 0 unspecified atom stereocenters. The van der Waals surface area contributed by atoms with Crippen LogP contribution in [0.4, 0.5) is 0 Å². The van der Waals surface area contributed by atoms with Gasteiger partial charge in [-0.05, 0) is 74.0 Å². The van der Waals surface area contributed by atoms with Gasteiger partial charge in [0.05, 0.1) is 6.10 Å². The van der Waals surface area contributed by atoms with Crippen LogP contribution in [0.1, 0.15) is 79.1 Å². The number of hydrogen-bond acceptors (Lipinski definition) is 2. The number of rotatable bonds is 4. The van der Waals surface area contributed by atoms with Crippen molar-refractivity contribution in [3.63, 3.8) is 0 Å². The molecule has 2 fully saturated rings. The normalized spacial score (nSPS) is 40.9. The van der Waals surface area contributed by atoms with Gasteiger partial charge in [-0.2, -0.15) is 0 Å². The first-order chi connectivity index (χ1) is 13.9. The van der Waals surface area contributed by atoms with Crippen LogP contribution in [0, 0.1) is 46.3 Å². The van der Waals surface area contributed by atoms with E-state index in [1.54, 1.807) is 12.7 Å². The van der Waals surface area contributed by atoms with Crippen LogP contribution in [-0.2, 0) is 9.47 Å². The highest BCUT2D eigenvalue weighted by Gasteiger charge is 2.56. The monoisotopic (exact) mass is 396 g/mol. The molecule has 2 nitrogen and oxygen atoms in total. The van der Waals surface area contributed by atoms with Crippen molar-refractivity contribution in [2.75, 3.05) is 13.9 Å². The summed E-state index contributed by atoms with van der Waals surface area (Å²) >= 11 is 0. The third kappa shape index (κ3) is 3.75. The minimum absolute atomic E-state index is 0.311. The summed E-state index contributed by atoms with van der Waals surface area (Å²) < 4.78 is 11.1. The van der Waals surface area contributed by atoms with Gasteiger partial charge in [0, 0.05) is 24.5 Å². The Morgan fingerprint density at radius 1 is 1.07 bits per heavy atom. The summed E-state index contributed by atoms with van der Waals surface area (Å²) in [5.41, 5.74) is 3.82. The van der Waals surface area contributed by atoms with E-state index in [-0.39, 0.29) is 0 Å². The molecule has 0 aromatic rings. The minimum atomic E-state index is 0.311. The fourth-order valence-corrected chi connectivity index (χ4v) is 7.05. The Kier molecular flexibility index (Phi) is 6.02. The number of allylic oxidation sites excluding steroid dienone is 3. The van der Waals surface area contributed by atoms with Crippen LogP contribution in [0.3, 0.4) is 0 Å². The molecule has 0 N–H and O–H groups in total. The van der Waals surface area contributed by atoms with E-state index in [4.69, 9.17) is 9.47 Å². The van der Waals surface area contributed by atoms with Crippen LogP contribution in [0.2, 0.25) is 0 Å². The molecule has 4 aliphatic rings. The second-order valence-electron chi connectivity index (χ2n) is 10.9. The van der Waals surface area contributed by atoms with Crippen LogP contribution in [0.25, 0.3) is 0 Å². The zero-order chi connectivity index (χ0) is 20.6. The smallest absolute Gasteiger partial charge is 0.146 e. The van der Waals surface area contributed by atoms with E-state index in [9.17, 15) is 0 Å². The quantitative estimate of drug-likeness (QED) is 0.306. The highest BCUT2D eigenvalue weighted by atomic mass is 16.7. The zero-order valence-electron chi connectivity index (χ0n) is 19.2. The predicted octanol–water partition coefficient (Wildman–Crippen LogP) is 6.52. The molecule has 160 valence electrons. The van der Waals surface area contributed by atoms with E-state index < -0.39 is 0 Å². The number of ether oxygens (including phenoxy) is 2. The average Bonchev–Trinajstić information content (AvgIpc) is 3.02. The summed E-state index contributed by atoms with van der Waals surface area (Å²) in [6.45, 7) is 10.0. The molecular weight excluding hydrogens is 356 g/mol. The van der Waals surface area contributed by atoms with Gasteiger partial charge in [0.15, 0.2) is 0 Å². The molecule has 0 aliphatic heterocycles. The lowest BCUT2D eigenvalue weighted by molar-refractivity contribution is -0.0944. The van der Waals surface area contributed by atoms with E-state index in [1.807, 2.05) is 0 Å². The Labute approximate surface area is 178 Å². The van der Waals surface area contributed by atoms with Crippen molar-refractivity contribution in [3.8, 4) is 11.8 Å². The van der Waals surface area contributed by atoms with Gasteiger partial charge in [-0.25, -0.2) is 0 Å². The molecule has 4 rings (SSSR count). The number of methoxy groups -OCH3 is 1. The van der Waals surface area contributed by atoms with Crippen molar-refractivity contribution in [1.29, 1.82) is 0 Å². The molecule has 2 heteroatoms. The van der Waals surface area contributed by atoms with Crippen LogP contribution in [0.5, 0.6) is 0 Å². The molecule has 0 spiro atoms. The summed E-state index contributed by atoms with van der Waals surface area (Å²) in [5.74, 6) is 10.2. The van der Waals surface area contributed by atoms with Gasteiger partial charge in [-0.1, -0.05) is 57.3 Å². The standard InChI is InChI=1S/C27H40O2/c1-19(2)7-6-8-20-10-12-24-23-11-9-21-17-22(29-18-28-5)13-15-27(21,4)25(23)14-16-26(20,24)3/h9-10,19,22-25H,7,11-18H2,1-5H3/t22-,23-,24-,25-,26+,27-/m0/s1. The summed E-state index contributed by atoms with van der Waals surface area (Å²) in [6, 6.07) is 0. The van der Waals surface area contributed by atoms with Crippen molar-refractivity contribution < 1.29 is 9.47 Å². The number of hydrogen-bond donors (Lipinski definition) is 0. The highest BCUT2D eigenvalue weighted by molar-refractivity contribution is 5.40. The zero-order valence-corrected chi connectivity index (χ0v) is 19.2. The van der Waals surface area contributed by atoms with E-state index in [0.717, 1.165) is 30.6 Å². The maximum absolute atomic E-state index is 5.93. The molecule has 0 saturated heterocycles. The Balaban J connectivity index is 1.51. The summed E-state index contributed by atoms with van der Waals surface area (Å²) in [7, 11) is 1.72. The SMILES string of the molecule is COCO[C@H]1CC[C@@]2(C)C(=CC[C@@H]3[C@@H]2CC[C@]2(C)C(C#CCC(C)C)=CC[C@@H]32)C1. The fraction of sp³-hybridized carbons (Fsp3) is 0.778. The van der Waals surface area contributed by atoms with E-state index in [2.05, 4.69) is 51.7 Å². The second-order valence-corrected chi connectivity index (χ2v) is 10.9. The highest BCUT2D eigenvalue weighted by Crippen LogP contribution is 2.64. The maximum atomic E-state index is 5.93. The predicted molar refractivity (Wildman–Crippen MR) is 119 cm³/mol. The van der Waals surface area contributed by atoms with E-state index in [1.165, 1.54) is 44.1 Å². The average molecular weight is 397 g/mol. The van der Waals surface area contributed by atoms with E-state index >= 15 is 0 Å². The van der Waals surface area contributed by atoms with Gasteiger partial charge in [-0.3, -0.25) is 0 Å². The first-order valence-electron chi connectivity index (χ1n) is 11.9. The van der Waals surface area contributed by atoms with Gasteiger partial charge in [0.25, 0.3) is 0 Å². The van der Waals surface area contributed by atoms with Crippen LogP contribution >= 0.6 is 0 Å². The first-order valence-corrected chi connectivity index (χ1v) is 11.9. The Morgan fingerprint density at radius 3 is 2.62 bits per heavy atom. The third-order valence-corrected chi connectivity index (χ3v) is 8.79. The Hall–Kier alpha value is -1.04. The summed E-state index contributed by atoms with van der Waals surface area (Å²) in [4.78, 5) is 0. The molecule has 0 radical (unpaired) electrons. The molecular formula is C27H40O2. The molecule has 0 aromatic carbocycles. The lowest BCUT2D eigenvalue weighted by atomic mass is 9.47. The van der Waals surface area contributed by atoms with Crippen molar-refractivity contribution in [3.05, 3.63) is 23.3 Å². The molecule has 0 bridgehead atoms.